The molecule has 0 unspecified atom stereocenters. The average Bonchev–Trinajstić information content (AvgIpc) is 2.97. The lowest BCUT2D eigenvalue weighted by Crippen LogP contribution is -1.92. The van der Waals surface area contributed by atoms with Gasteiger partial charge >= 0.3 is 0 Å². The summed E-state index contributed by atoms with van der Waals surface area (Å²) in [6, 6.07) is 0. The normalized spacial score (nSPS) is 13.6. The van der Waals surface area contributed by atoms with Crippen molar-refractivity contribution in [2.24, 2.45) is 0 Å². The molecule has 0 spiro atoms. The van der Waals surface area contributed by atoms with Crippen LogP contribution >= 0.6 is 0 Å². The van der Waals surface area contributed by atoms with E-state index in [0.717, 1.165) is 0 Å². The summed E-state index contributed by atoms with van der Waals surface area (Å²) in [6.07, 6.45) is 25.8. The lowest BCUT2D eigenvalue weighted by Gasteiger charge is -2.03. The first-order valence-electron chi connectivity index (χ1n) is 9.00. The first-order valence-corrected chi connectivity index (χ1v) is 9.00. The maximum atomic E-state index is 4.31. The van der Waals surface area contributed by atoms with Crippen LogP contribution in [-0.2, 0) is 0 Å². The van der Waals surface area contributed by atoms with Gasteiger partial charge in [0.15, 0.2) is 0 Å². The van der Waals surface area contributed by atoms with Gasteiger partial charge in [0.05, 0.1) is 0 Å². The van der Waals surface area contributed by atoms with Gasteiger partial charge in [0, 0.05) is 11.9 Å². The Bertz CT molecular complexity index is 265. The topological polar surface area (TPSA) is 14.1 Å². The van der Waals surface area contributed by atoms with Crippen molar-refractivity contribution in [1.82, 2.24) is 5.32 Å². The summed E-state index contributed by atoms with van der Waals surface area (Å²) < 4.78 is 0. The van der Waals surface area contributed by atoms with Crippen LogP contribution in [0.25, 0.3) is 0 Å². The second-order valence-corrected chi connectivity index (χ2v) is 6.12. The minimum absolute atomic E-state index is 1.17. The van der Waals surface area contributed by atoms with Crippen LogP contribution in [0.5, 0.6) is 0 Å². The zero-order chi connectivity index (χ0) is 14.3. The minimum Gasteiger partial charge on any atom is -0.261 e. The Kier molecular flexibility index (Phi) is 11.5. The molecule has 0 aliphatic carbocycles. The molecular formula is C19H34N. The highest BCUT2D eigenvalue weighted by Crippen LogP contribution is 2.15. The molecule has 115 valence electrons. The SMILES string of the molecule is CCCCCCCCCCCCCCCC1=CC=C[N]1. The highest BCUT2D eigenvalue weighted by Gasteiger charge is 1.99. The number of allylic oxidation sites excluding steroid dienone is 3. The van der Waals surface area contributed by atoms with Gasteiger partial charge in [-0.2, -0.15) is 0 Å². The predicted octanol–water partition coefficient (Wildman–Crippen LogP) is 6.48. The third-order valence-corrected chi connectivity index (χ3v) is 4.15. The van der Waals surface area contributed by atoms with Gasteiger partial charge in [-0.05, 0) is 25.0 Å². The van der Waals surface area contributed by atoms with Crippen molar-refractivity contribution < 1.29 is 0 Å². The fourth-order valence-corrected chi connectivity index (χ4v) is 2.81. The van der Waals surface area contributed by atoms with Crippen LogP contribution in [0, 0.1) is 0 Å². The van der Waals surface area contributed by atoms with Crippen molar-refractivity contribution in [1.29, 1.82) is 0 Å². The zero-order valence-electron chi connectivity index (χ0n) is 13.6. The van der Waals surface area contributed by atoms with E-state index < -0.39 is 0 Å². The van der Waals surface area contributed by atoms with Crippen LogP contribution in [0.3, 0.4) is 0 Å². The van der Waals surface area contributed by atoms with Crippen molar-refractivity contribution in [3.8, 4) is 0 Å². The summed E-state index contributed by atoms with van der Waals surface area (Å²) in [5.41, 5.74) is 1.27. The first kappa shape index (κ1) is 17.3. The standard InChI is InChI=1S/C19H34N/c1-2-3-4-5-6-7-8-9-10-11-12-13-14-16-19-17-15-18-20-19/h15,17-18H,2-14,16H2,1H3. The molecule has 1 radical (unpaired) electrons. The molecule has 0 bridgehead atoms. The molecule has 0 saturated carbocycles. The van der Waals surface area contributed by atoms with Crippen LogP contribution < -0.4 is 5.32 Å². The molecule has 20 heavy (non-hydrogen) atoms. The number of rotatable bonds is 14. The van der Waals surface area contributed by atoms with E-state index in [0.29, 0.717) is 0 Å². The van der Waals surface area contributed by atoms with Crippen molar-refractivity contribution in [2.45, 2.75) is 96.8 Å². The van der Waals surface area contributed by atoms with E-state index in [4.69, 9.17) is 0 Å². The van der Waals surface area contributed by atoms with Crippen LogP contribution in [0.1, 0.15) is 96.8 Å². The van der Waals surface area contributed by atoms with Crippen LogP contribution in [0.2, 0.25) is 0 Å². The van der Waals surface area contributed by atoms with Gasteiger partial charge in [-0.1, -0.05) is 84.0 Å². The number of hydrogen-bond donors (Lipinski definition) is 0. The fraction of sp³-hybridized carbons (Fsp3) is 0.789. The number of hydrogen-bond acceptors (Lipinski definition) is 0. The summed E-state index contributed by atoms with van der Waals surface area (Å²) in [7, 11) is 0. The quantitative estimate of drug-likeness (QED) is 0.322. The summed E-state index contributed by atoms with van der Waals surface area (Å²) in [5.74, 6) is 0. The monoisotopic (exact) mass is 276 g/mol. The van der Waals surface area contributed by atoms with Gasteiger partial charge in [0.1, 0.15) is 0 Å². The van der Waals surface area contributed by atoms with E-state index in [1.165, 1.54) is 95.6 Å². The van der Waals surface area contributed by atoms with Crippen molar-refractivity contribution in [2.75, 3.05) is 0 Å². The Morgan fingerprint density at radius 1 is 0.700 bits per heavy atom. The molecule has 0 aromatic rings. The zero-order valence-corrected chi connectivity index (χ0v) is 13.6. The molecule has 1 aliphatic rings. The smallest absolute Gasteiger partial charge is 0.0404 e. The van der Waals surface area contributed by atoms with E-state index in [1.807, 2.05) is 12.3 Å². The first-order chi connectivity index (χ1) is 9.93. The van der Waals surface area contributed by atoms with Gasteiger partial charge < -0.3 is 0 Å². The predicted molar refractivity (Wildman–Crippen MR) is 89.7 cm³/mol. The Morgan fingerprint density at radius 2 is 1.20 bits per heavy atom. The number of unbranched alkanes of at least 4 members (excludes halogenated alkanes) is 12. The van der Waals surface area contributed by atoms with Crippen molar-refractivity contribution in [3.05, 3.63) is 24.0 Å². The average molecular weight is 276 g/mol. The van der Waals surface area contributed by atoms with Crippen molar-refractivity contribution in [3.63, 3.8) is 0 Å². The number of nitrogens with zero attached hydrogens (tertiary/aromatic N) is 1. The third-order valence-electron chi connectivity index (χ3n) is 4.15. The maximum absolute atomic E-state index is 4.31. The Balaban J connectivity index is 1.68. The van der Waals surface area contributed by atoms with Gasteiger partial charge in [-0.25, -0.2) is 0 Å². The molecule has 0 aromatic heterocycles. The van der Waals surface area contributed by atoms with E-state index in [9.17, 15) is 0 Å². The second kappa shape index (κ2) is 13.3. The Hall–Kier alpha value is -0.720. The van der Waals surface area contributed by atoms with Gasteiger partial charge in [-0.3, -0.25) is 5.32 Å². The molecule has 0 aromatic carbocycles. The summed E-state index contributed by atoms with van der Waals surface area (Å²) in [5, 5.41) is 4.31. The molecular weight excluding hydrogens is 242 g/mol. The van der Waals surface area contributed by atoms with Crippen molar-refractivity contribution >= 4 is 0 Å². The van der Waals surface area contributed by atoms with Crippen LogP contribution in [0.15, 0.2) is 24.0 Å². The molecule has 0 atom stereocenters. The molecule has 1 nitrogen and oxygen atoms in total. The molecule has 0 N–H and O–H groups in total. The van der Waals surface area contributed by atoms with Gasteiger partial charge in [-0.15, -0.1) is 0 Å². The lowest BCUT2D eigenvalue weighted by molar-refractivity contribution is 0.538. The molecule has 0 fully saturated rings. The highest BCUT2D eigenvalue weighted by molar-refractivity contribution is 5.18. The Labute approximate surface area is 126 Å². The Morgan fingerprint density at radius 3 is 1.65 bits per heavy atom. The summed E-state index contributed by atoms with van der Waals surface area (Å²) >= 11 is 0. The molecule has 0 saturated heterocycles. The minimum atomic E-state index is 1.17. The van der Waals surface area contributed by atoms with E-state index in [-0.39, 0.29) is 0 Å². The van der Waals surface area contributed by atoms with E-state index >= 15 is 0 Å². The molecule has 1 heteroatoms. The van der Waals surface area contributed by atoms with Crippen LogP contribution in [-0.4, -0.2) is 0 Å². The van der Waals surface area contributed by atoms with E-state index in [1.54, 1.807) is 0 Å². The molecule has 0 amide bonds. The third kappa shape index (κ3) is 10.1. The van der Waals surface area contributed by atoms with Gasteiger partial charge in [0.2, 0.25) is 0 Å². The van der Waals surface area contributed by atoms with Gasteiger partial charge in [0.25, 0.3) is 0 Å². The largest absolute Gasteiger partial charge is 0.261 e. The second-order valence-electron chi connectivity index (χ2n) is 6.12. The molecule has 1 heterocycles. The molecule has 1 aliphatic heterocycles. The maximum Gasteiger partial charge on any atom is 0.0404 e. The lowest BCUT2D eigenvalue weighted by atomic mass is 10.0. The fourth-order valence-electron chi connectivity index (χ4n) is 2.81. The van der Waals surface area contributed by atoms with E-state index in [2.05, 4.69) is 18.3 Å². The highest BCUT2D eigenvalue weighted by atomic mass is 14.9. The molecule has 1 rings (SSSR count). The summed E-state index contributed by atoms with van der Waals surface area (Å²) in [4.78, 5) is 0. The van der Waals surface area contributed by atoms with Crippen LogP contribution in [0.4, 0.5) is 0 Å². The summed E-state index contributed by atoms with van der Waals surface area (Å²) in [6.45, 7) is 2.29.